The number of hydrogen-bond donors (Lipinski definition) is 1. The number of hydrogen-bond acceptors (Lipinski definition) is 7. The summed E-state index contributed by atoms with van der Waals surface area (Å²) in [5.74, 6) is -0.907. The van der Waals surface area contributed by atoms with Gasteiger partial charge < -0.3 is 14.9 Å². The molecule has 0 aliphatic rings. The maximum absolute atomic E-state index is 12.6. The predicted molar refractivity (Wildman–Crippen MR) is 135 cm³/mol. The van der Waals surface area contributed by atoms with Gasteiger partial charge in [0.25, 0.3) is 0 Å². The summed E-state index contributed by atoms with van der Waals surface area (Å²) in [5, 5.41) is 8.85. The van der Waals surface area contributed by atoms with Crippen molar-refractivity contribution in [1.29, 1.82) is 0 Å². The summed E-state index contributed by atoms with van der Waals surface area (Å²) in [5.41, 5.74) is 1.65. The van der Waals surface area contributed by atoms with Crippen LogP contribution in [0.15, 0.2) is 102 Å². The van der Waals surface area contributed by atoms with Gasteiger partial charge in [-0.2, -0.15) is 8.78 Å². The molecule has 0 saturated heterocycles. The standard InChI is InChI=1S/C27H23F2N3O3S/c1-2-34-24(33)23(32-35-25(28)29)22-18-36-26(30-22)31-27(19-12-6-3-7-13-19,20-14-8-4-9-15-20)21-16-10-5-11-17-21/h3-18,25H,2H2,1H3,(H,30,31)/b32-23+. The zero-order valence-electron chi connectivity index (χ0n) is 19.3. The molecular weight excluding hydrogens is 484 g/mol. The Bertz CT molecular complexity index is 1200. The first-order chi connectivity index (χ1) is 17.5. The summed E-state index contributed by atoms with van der Waals surface area (Å²) in [6, 6.07) is 29.7. The highest BCUT2D eigenvalue weighted by atomic mass is 32.1. The zero-order chi connectivity index (χ0) is 25.4. The zero-order valence-corrected chi connectivity index (χ0v) is 20.1. The number of aromatic nitrogens is 1. The van der Waals surface area contributed by atoms with E-state index in [4.69, 9.17) is 4.74 Å². The Morgan fingerprint density at radius 3 is 1.89 bits per heavy atom. The summed E-state index contributed by atoms with van der Waals surface area (Å²) in [6.45, 7) is -1.54. The fourth-order valence-electron chi connectivity index (χ4n) is 3.86. The number of anilines is 1. The van der Waals surface area contributed by atoms with Crippen LogP contribution < -0.4 is 5.32 Å². The molecule has 4 rings (SSSR count). The van der Waals surface area contributed by atoms with E-state index in [1.807, 2.05) is 91.0 Å². The maximum Gasteiger partial charge on any atom is 0.407 e. The molecule has 184 valence electrons. The Kier molecular flexibility index (Phi) is 8.02. The van der Waals surface area contributed by atoms with Gasteiger partial charge in [-0.3, -0.25) is 0 Å². The van der Waals surface area contributed by atoms with Gasteiger partial charge in [-0.15, -0.1) is 11.3 Å². The number of ether oxygens (including phenoxy) is 1. The molecule has 4 aromatic rings. The number of carbonyl (C=O) groups is 1. The van der Waals surface area contributed by atoms with Crippen LogP contribution in [-0.4, -0.2) is 29.9 Å². The fourth-order valence-corrected chi connectivity index (χ4v) is 4.61. The lowest BCUT2D eigenvalue weighted by Crippen LogP contribution is -2.38. The molecule has 36 heavy (non-hydrogen) atoms. The molecule has 0 fully saturated rings. The molecule has 3 aromatic carbocycles. The van der Waals surface area contributed by atoms with Gasteiger partial charge in [-0.1, -0.05) is 96.2 Å². The van der Waals surface area contributed by atoms with Gasteiger partial charge in [-0.05, 0) is 23.6 Å². The third kappa shape index (κ3) is 5.41. The molecule has 1 heterocycles. The van der Waals surface area contributed by atoms with E-state index < -0.39 is 23.8 Å². The number of benzene rings is 3. The Labute approximate surface area is 211 Å². The van der Waals surface area contributed by atoms with E-state index in [0.29, 0.717) is 5.13 Å². The van der Waals surface area contributed by atoms with Crippen molar-refractivity contribution in [1.82, 2.24) is 4.98 Å². The normalized spacial score (nSPS) is 11.8. The smallest absolute Gasteiger partial charge is 0.407 e. The Hall–Kier alpha value is -4.11. The van der Waals surface area contributed by atoms with E-state index >= 15 is 0 Å². The van der Waals surface area contributed by atoms with Crippen LogP contribution in [0, 0.1) is 0 Å². The molecule has 0 radical (unpaired) electrons. The molecule has 1 aromatic heterocycles. The number of oxime groups is 1. The first kappa shape index (κ1) is 25.0. The van der Waals surface area contributed by atoms with Crippen molar-refractivity contribution in [2.75, 3.05) is 11.9 Å². The largest absolute Gasteiger partial charge is 0.461 e. The number of nitrogens with one attached hydrogen (secondary N) is 1. The molecule has 0 atom stereocenters. The summed E-state index contributed by atoms with van der Waals surface area (Å²) in [7, 11) is 0. The van der Waals surface area contributed by atoms with Crippen LogP contribution in [0.5, 0.6) is 0 Å². The second-order valence-corrected chi connectivity index (χ2v) is 8.40. The van der Waals surface area contributed by atoms with Crippen molar-refractivity contribution in [2.24, 2.45) is 5.16 Å². The molecular formula is C27H23F2N3O3S. The average Bonchev–Trinajstić information content (AvgIpc) is 3.37. The van der Waals surface area contributed by atoms with E-state index in [-0.39, 0.29) is 12.3 Å². The first-order valence-electron chi connectivity index (χ1n) is 11.1. The van der Waals surface area contributed by atoms with Gasteiger partial charge in [0.1, 0.15) is 11.2 Å². The van der Waals surface area contributed by atoms with E-state index in [1.165, 1.54) is 11.3 Å². The molecule has 6 nitrogen and oxygen atoms in total. The second-order valence-electron chi connectivity index (χ2n) is 7.54. The third-order valence-corrected chi connectivity index (χ3v) is 6.11. The first-order valence-corrected chi connectivity index (χ1v) is 12.0. The Balaban J connectivity index is 1.83. The molecule has 0 unspecified atom stereocenters. The average molecular weight is 508 g/mol. The van der Waals surface area contributed by atoms with E-state index in [0.717, 1.165) is 16.7 Å². The molecule has 0 saturated carbocycles. The fraction of sp³-hybridized carbons (Fsp3) is 0.148. The minimum Gasteiger partial charge on any atom is -0.461 e. The number of nitrogens with zero attached hydrogens (tertiary/aromatic N) is 2. The highest BCUT2D eigenvalue weighted by Gasteiger charge is 2.37. The van der Waals surface area contributed by atoms with Crippen molar-refractivity contribution in [3.05, 3.63) is 119 Å². The Morgan fingerprint density at radius 1 is 0.944 bits per heavy atom. The lowest BCUT2D eigenvalue weighted by molar-refractivity contribution is -0.138. The van der Waals surface area contributed by atoms with Crippen LogP contribution in [0.25, 0.3) is 0 Å². The highest BCUT2D eigenvalue weighted by Crippen LogP contribution is 2.40. The SMILES string of the molecule is CCOC(=O)/C(=N/OC(F)F)c1csc(NC(c2ccccc2)(c2ccccc2)c2ccccc2)n1. The summed E-state index contributed by atoms with van der Waals surface area (Å²) < 4.78 is 30.2. The maximum atomic E-state index is 12.6. The lowest BCUT2D eigenvalue weighted by atomic mass is 9.77. The summed E-state index contributed by atoms with van der Waals surface area (Å²) in [4.78, 5) is 20.9. The van der Waals surface area contributed by atoms with E-state index in [9.17, 15) is 13.6 Å². The number of carbonyl (C=O) groups excluding carboxylic acids is 1. The van der Waals surface area contributed by atoms with Crippen LogP contribution in [0.2, 0.25) is 0 Å². The minimum absolute atomic E-state index is 0.0426. The quantitative estimate of drug-likeness (QED) is 0.122. The number of alkyl halides is 2. The van der Waals surface area contributed by atoms with Gasteiger partial charge in [0, 0.05) is 5.38 Å². The van der Waals surface area contributed by atoms with Crippen LogP contribution in [-0.2, 0) is 19.9 Å². The van der Waals surface area contributed by atoms with E-state index in [1.54, 1.807) is 12.3 Å². The summed E-state index contributed by atoms with van der Waals surface area (Å²) in [6.07, 6.45) is 0. The van der Waals surface area contributed by atoms with Crippen molar-refractivity contribution in [2.45, 2.75) is 19.1 Å². The molecule has 0 bridgehead atoms. The van der Waals surface area contributed by atoms with Crippen LogP contribution >= 0.6 is 11.3 Å². The van der Waals surface area contributed by atoms with E-state index in [2.05, 4.69) is 20.3 Å². The Morgan fingerprint density at radius 2 is 1.44 bits per heavy atom. The van der Waals surface area contributed by atoms with Crippen molar-refractivity contribution in [3.8, 4) is 0 Å². The van der Waals surface area contributed by atoms with Gasteiger partial charge in [0.15, 0.2) is 5.13 Å². The monoisotopic (exact) mass is 507 g/mol. The number of thiazole rings is 1. The van der Waals surface area contributed by atoms with Crippen LogP contribution in [0.4, 0.5) is 13.9 Å². The second kappa shape index (κ2) is 11.5. The number of rotatable bonds is 10. The van der Waals surface area contributed by atoms with Crippen molar-refractivity contribution in [3.63, 3.8) is 0 Å². The lowest BCUT2D eigenvalue weighted by Gasteiger charge is -2.36. The molecule has 0 aliphatic heterocycles. The number of esters is 1. The molecule has 1 N–H and O–H groups in total. The predicted octanol–water partition coefficient (Wildman–Crippen LogP) is 6.05. The van der Waals surface area contributed by atoms with Gasteiger partial charge >= 0.3 is 12.6 Å². The number of halogens is 2. The highest BCUT2D eigenvalue weighted by molar-refractivity contribution is 7.14. The third-order valence-electron chi connectivity index (χ3n) is 5.35. The molecule has 0 spiro atoms. The molecule has 0 amide bonds. The topological polar surface area (TPSA) is 72.8 Å². The summed E-state index contributed by atoms with van der Waals surface area (Å²) >= 11 is 1.20. The van der Waals surface area contributed by atoms with Crippen LogP contribution in [0.3, 0.4) is 0 Å². The van der Waals surface area contributed by atoms with Crippen LogP contribution in [0.1, 0.15) is 29.3 Å². The minimum atomic E-state index is -3.19. The van der Waals surface area contributed by atoms with Crippen molar-refractivity contribution < 1.29 is 23.1 Å². The van der Waals surface area contributed by atoms with Gasteiger partial charge in [0.05, 0.1) is 6.61 Å². The van der Waals surface area contributed by atoms with Gasteiger partial charge in [0.2, 0.25) is 5.71 Å². The molecule has 9 heteroatoms. The van der Waals surface area contributed by atoms with Gasteiger partial charge in [-0.25, -0.2) is 9.78 Å². The van der Waals surface area contributed by atoms with Crippen molar-refractivity contribution >= 4 is 28.1 Å². The molecule has 0 aliphatic carbocycles.